The Bertz CT molecular complexity index is 815. The van der Waals surface area contributed by atoms with Gasteiger partial charge in [-0.1, -0.05) is 11.6 Å². The zero-order chi connectivity index (χ0) is 16.2. The van der Waals surface area contributed by atoms with Gasteiger partial charge in [0, 0.05) is 22.4 Å². The van der Waals surface area contributed by atoms with Gasteiger partial charge >= 0.3 is 0 Å². The van der Waals surface area contributed by atoms with Crippen molar-refractivity contribution in [3.05, 3.63) is 63.5 Å². The largest absolute Gasteiger partial charge is 0.459 e. The van der Waals surface area contributed by atoms with E-state index in [0.29, 0.717) is 11.0 Å². The molecular weight excluding hydrogens is 334 g/mol. The summed E-state index contributed by atoms with van der Waals surface area (Å²) in [4.78, 5) is 17.1. The standard InChI is InChI=1S/C16H14ClN3O2S/c1-10-7-11(18-8-12-9-19-16(17)23-12)4-5-13(10)20-15(21)14-3-2-6-22-14/h2-7,9,18H,8H2,1H3,(H,20,21). The highest BCUT2D eigenvalue weighted by molar-refractivity contribution is 7.15. The van der Waals surface area contributed by atoms with Crippen LogP contribution in [0.5, 0.6) is 0 Å². The van der Waals surface area contributed by atoms with Crippen molar-refractivity contribution in [1.29, 1.82) is 0 Å². The number of furan rings is 1. The summed E-state index contributed by atoms with van der Waals surface area (Å²) in [5, 5.41) is 6.13. The third kappa shape index (κ3) is 3.91. The summed E-state index contributed by atoms with van der Waals surface area (Å²) in [6.45, 7) is 2.59. The molecule has 0 unspecified atom stereocenters. The first-order valence-electron chi connectivity index (χ1n) is 6.91. The summed E-state index contributed by atoms with van der Waals surface area (Å²) in [6.07, 6.45) is 3.23. The van der Waals surface area contributed by atoms with E-state index in [2.05, 4.69) is 15.6 Å². The number of nitrogens with one attached hydrogen (secondary N) is 2. The van der Waals surface area contributed by atoms with Gasteiger partial charge in [-0.3, -0.25) is 4.79 Å². The number of thiazole rings is 1. The number of anilines is 2. The number of rotatable bonds is 5. The van der Waals surface area contributed by atoms with E-state index in [-0.39, 0.29) is 11.7 Å². The molecule has 0 saturated heterocycles. The van der Waals surface area contributed by atoms with Crippen molar-refractivity contribution < 1.29 is 9.21 Å². The van der Waals surface area contributed by atoms with Crippen molar-refractivity contribution >= 4 is 40.2 Å². The van der Waals surface area contributed by atoms with Crippen LogP contribution in [0.3, 0.4) is 0 Å². The van der Waals surface area contributed by atoms with Crippen LogP contribution in [0.4, 0.5) is 11.4 Å². The number of carbonyl (C=O) groups is 1. The van der Waals surface area contributed by atoms with Crippen molar-refractivity contribution in [2.45, 2.75) is 13.5 Å². The van der Waals surface area contributed by atoms with Crippen LogP contribution in [-0.4, -0.2) is 10.9 Å². The Labute approximate surface area is 142 Å². The monoisotopic (exact) mass is 347 g/mol. The zero-order valence-corrected chi connectivity index (χ0v) is 13.9. The summed E-state index contributed by atoms with van der Waals surface area (Å²) in [5.74, 6) is 0.0202. The molecule has 0 aliphatic rings. The third-order valence-corrected chi connectivity index (χ3v) is 4.33. The maximum absolute atomic E-state index is 12.0. The van der Waals surface area contributed by atoms with E-state index in [1.807, 2.05) is 25.1 Å². The fourth-order valence-corrected chi connectivity index (χ4v) is 2.98. The van der Waals surface area contributed by atoms with Gasteiger partial charge in [0.2, 0.25) is 0 Å². The van der Waals surface area contributed by atoms with Gasteiger partial charge in [-0.05, 0) is 42.8 Å². The maximum Gasteiger partial charge on any atom is 0.291 e. The van der Waals surface area contributed by atoms with Crippen LogP contribution in [0, 0.1) is 6.92 Å². The molecule has 1 amide bonds. The normalized spacial score (nSPS) is 10.5. The quantitative estimate of drug-likeness (QED) is 0.709. The van der Waals surface area contributed by atoms with Crippen LogP contribution < -0.4 is 10.6 Å². The van der Waals surface area contributed by atoms with Gasteiger partial charge in [0.25, 0.3) is 5.91 Å². The first kappa shape index (κ1) is 15.6. The molecule has 0 aliphatic carbocycles. The molecule has 0 radical (unpaired) electrons. The van der Waals surface area contributed by atoms with Gasteiger partial charge in [0.1, 0.15) is 0 Å². The topological polar surface area (TPSA) is 67.2 Å². The summed E-state index contributed by atoms with van der Waals surface area (Å²) in [7, 11) is 0. The third-order valence-electron chi connectivity index (χ3n) is 3.21. The predicted molar refractivity (Wildman–Crippen MR) is 92.3 cm³/mol. The number of carbonyl (C=O) groups excluding carboxylic acids is 1. The fraction of sp³-hybridized carbons (Fsp3) is 0.125. The summed E-state index contributed by atoms with van der Waals surface area (Å²) in [5.41, 5.74) is 2.66. The number of aryl methyl sites for hydroxylation is 1. The second-order valence-electron chi connectivity index (χ2n) is 4.89. The van der Waals surface area contributed by atoms with Gasteiger partial charge in [0.05, 0.1) is 12.8 Å². The molecule has 2 aromatic heterocycles. The van der Waals surface area contributed by atoms with E-state index in [4.69, 9.17) is 16.0 Å². The van der Waals surface area contributed by atoms with Crippen molar-refractivity contribution in [3.63, 3.8) is 0 Å². The number of hydrogen-bond acceptors (Lipinski definition) is 5. The lowest BCUT2D eigenvalue weighted by Gasteiger charge is -2.10. The first-order valence-corrected chi connectivity index (χ1v) is 8.11. The van der Waals surface area contributed by atoms with Gasteiger partial charge in [-0.25, -0.2) is 4.98 Å². The van der Waals surface area contributed by atoms with Gasteiger partial charge in [-0.2, -0.15) is 0 Å². The number of benzene rings is 1. The van der Waals surface area contributed by atoms with Crippen molar-refractivity contribution in [2.24, 2.45) is 0 Å². The minimum Gasteiger partial charge on any atom is -0.459 e. The SMILES string of the molecule is Cc1cc(NCc2cnc(Cl)s2)ccc1NC(=O)c1ccco1. The highest BCUT2D eigenvalue weighted by Crippen LogP contribution is 2.23. The molecule has 0 bridgehead atoms. The predicted octanol–water partition coefficient (Wildman–Crippen LogP) is 4.56. The molecule has 0 fully saturated rings. The Kier molecular flexibility index (Phi) is 4.64. The highest BCUT2D eigenvalue weighted by atomic mass is 35.5. The minimum atomic E-state index is -0.266. The lowest BCUT2D eigenvalue weighted by molar-refractivity contribution is 0.0996. The Morgan fingerprint density at radius 2 is 2.26 bits per heavy atom. The Morgan fingerprint density at radius 3 is 2.91 bits per heavy atom. The van der Waals surface area contributed by atoms with Crippen molar-refractivity contribution in [2.75, 3.05) is 10.6 Å². The first-order chi connectivity index (χ1) is 11.1. The highest BCUT2D eigenvalue weighted by Gasteiger charge is 2.10. The molecule has 5 nitrogen and oxygen atoms in total. The molecule has 0 spiro atoms. The smallest absolute Gasteiger partial charge is 0.291 e. The minimum absolute atomic E-state index is 0.266. The number of aromatic nitrogens is 1. The molecule has 0 atom stereocenters. The van der Waals surface area contributed by atoms with Crippen molar-refractivity contribution in [1.82, 2.24) is 4.98 Å². The van der Waals surface area contributed by atoms with E-state index in [1.165, 1.54) is 17.6 Å². The number of hydrogen-bond donors (Lipinski definition) is 2. The Morgan fingerprint density at radius 1 is 1.39 bits per heavy atom. The van der Waals surface area contributed by atoms with E-state index < -0.39 is 0 Å². The summed E-state index contributed by atoms with van der Waals surface area (Å²) < 4.78 is 5.62. The van der Waals surface area contributed by atoms with Crippen LogP contribution in [0.25, 0.3) is 0 Å². The van der Waals surface area contributed by atoms with Gasteiger partial charge < -0.3 is 15.1 Å². The average Bonchev–Trinajstić information content (AvgIpc) is 3.19. The Balaban J connectivity index is 1.64. The molecule has 0 saturated carbocycles. The molecule has 3 rings (SSSR count). The van der Waals surface area contributed by atoms with Crippen molar-refractivity contribution in [3.8, 4) is 0 Å². The van der Waals surface area contributed by atoms with E-state index in [1.54, 1.807) is 18.3 Å². The molecule has 2 N–H and O–H groups in total. The molecule has 3 aromatic rings. The van der Waals surface area contributed by atoms with Crippen LogP contribution >= 0.6 is 22.9 Å². The average molecular weight is 348 g/mol. The van der Waals surface area contributed by atoms with Gasteiger partial charge in [-0.15, -0.1) is 11.3 Å². The molecule has 1 aromatic carbocycles. The van der Waals surface area contributed by atoms with E-state index >= 15 is 0 Å². The van der Waals surface area contributed by atoms with Crippen LogP contribution in [0.2, 0.25) is 4.47 Å². The van der Waals surface area contributed by atoms with E-state index in [0.717, 1.165) is 21.8 Å². The molecule has 0 aliphatic heterocycles. The fourth-order valence-electron chi connectivity index (χ4n) is 2.06. The van der Waals surface area contributed by atoms with Crippen LogP contribution in [0.15, 0.2) is 47.2 Å². The lowest BCUT2D eigenvalue weighted by Crippen LogP contribution is -2.12. The number of nitrogens with zero attached hydrogens (tertiary/aromatic N) is 1. The van der Waals surface area contributed by atoms with Gasteiger partial charge in [0.15, 0.2) is 10.2 Å². The van der Waals surface area contributed by atoms with Crippen LogP contribution in [0.1, 0.15) is 21.0 Å². The second-order valence-corrected chi connectivity index (χ2v) is 6.59. The molecular formula is C16H14ClN3O2S. The van der Waals surface area contributed by atoms with E-state index in [9.17, 15) is 4.79 Å². The number of halogens is 1. The summed E-state index contributed by atoms with van der Waals surface area (Å²) in [6, 6.07) is 9.05. The molecule has 7 heteroatoms. The second kappa shape index (κ2) is 6.85. The Hall–Kier alpha value is -2.31. The maximum atomic E-state index is 12.0. The zero-order valence-electron chi connectivity index (χ0n) is 12.3. The van der Waals surface area contributed by atoms with Crippen LogP contribution in [-0.2, 0) is 6.54 Å². The number of amides is 1. The molecule has 23 heavy (non-hydrogen) atoms. The summed E-state index contributed by atoms with van der Waals surface area (Å²) >= 11 is 7.26. The molecule has 2 heterocycles. The molecule has 118 valence electrons. The lowest BCUT2D eigenvalue weighted by atomic mass is 10.1.